The quantitative estimate of drug-likeness (QED) is 0.176. The first-order chi connectivity index (χ1) is 26.3. The Labute approximate surface area is 309 Å². The number of aromatic nitrogens is 3. The van der Waals surface area contributed by atoms with E-state index in [1.807, 2.05) is 60.7 Å². The maximum absolute atomic E-state index is 5.09. The molecule has 0 saturated heterocycles. The second kappa shape index (κ2) is 12.7. The van der Waals surface area contributed by atoms with E-state index in [1.165, 1.54) is 33.4 Å². The molecule has 0 N–H and O–H groups in total. The fourth-order valence-electron chi connectivity index (χ4n) is 8.20. The topological polar surface area (TPSA) is 38.7 Å². The molecule has 1 aliphatic rings. The van der Waals surface area contributed by atoms with E-state index in [2.05, 4.69) is 140 Å². The van der Waals surface area contributed by atoms with Crippen LogP contribution >= 0.6 is 0 Å². The van der Waals surface area contributed by atoms with Crippen LogP contribution in [0.25, 0.3) is 67.2 Å². The van der Waals surface area contributed by atoms with E-state index in [0.29, 0.717) is 17.5 Å². The van der Waals surface area contributed by atoms with Crippen LogP contribution in [0.2, 0.25) is 0 Å². The third kappa shape index (κ3) is 5.09. The van der Waals surface area contributed by atoms with Gasteiger partial charge in [-0.3, -0.25) is 0 Å². The monoisotopic (exact) mass is 675 g/mol. The molecule has 248 valence electrons. The Morgan fingerprint density at radius 2 is 0.792 bits per heavy atom. The molecule has 0 radical (unpaired) electrons. The van der Waals surface area contributed by atoms with Crippen molar-refractivity contribution < 1.29 is 0 Å². The van der Waals surface area contributed by atoms with Gasteiger partial charge in [0.25, 0.3) is 0 Å². The molecule has 0 saturated carbocycles. The minimum atomic E-state index is -0.459. The zero-order valence-electron chi connectivity index (χ0n) is 28.9. The molecule has 3 nitrogen and oxygen atoms in total. The predicted octanol–water partition coefficient (Wildman–Crippen LogP) is 12.1. The Morgan fingerprint density at radius 3 is 1.43 bits per heavy atom. The van der Waals surface area contributed by atoms with E-state index in [-0.39, 0.29) is 0 Å². The summed E-state index contributed by atoms with van der Waals surface area (Å²) in [5.74, 6) is 1.95. The summed E-state index contributed by atoms with van der Waals surface area (Å²) in [6.07, 6.45) is 0. The molecule has 0 amide bonds. The molecule has 0 aliphatic heterocycles. The molecular formula is C50H33N3. The van der Waals surface area contributed by atoms with Gasteiger partial charge in [0.05, 0.1) is 5.41 Å². The number of hydrogen-bond donors (Lipinski definition) is 0. The van der Waals surface area contributed by atoms with Crippen molar-refractivity contribution in [1.82, 2.24) is 15.0 Å². The van der Waals surface area contributed by atoms with Gasteiger partial charge in [-0.1, -0.05) is 188 Å². The average Bonchev–Trinajstić information content (AvgIpc) is 3.55. The van der Waals surface area contributed by atoms with Gasteiger partial charge in [0.2, 0.25) is 0 Å². The van der Waals surface area contributed by atoms with Crippen LogP contribution in [0.5, 0.6) is 0 Å². The first-order valence-corrected chi connectivity index (χ1v) is 18.0. The second-order valence-electron chi connectivity index (χ2n) is 13.6. The van der Waals surface area contributed by atoms with Crippen LogP contribution in [0, 0.1) is 0 Å². The number of benzene rings is 8. The van der Waals surface area contributed by atoms with Crippen molar-refractivity contribution in [2.75, 3.05) is 0 Å². The van der Waals surface area contributed by atoms with Gasteiger partial charge < -0.3 is 0 Å². The lowest BCUT2D eigenvalue weighted by Gasteiger charge is -2.34. The Bertz CT molecular complexity index is 2660. The minimum absolute atomic E-state index is 0.459. The largest absolute Gasteiger partial charge is 0.208 e. The van der Waals surface area contributed by atoms with E-state index in [9.17, 15) is 0 Å². The van der Waals surface area contributed by atoms with Gasteiger partial charge in [-0.05, 0) is 67.4 Å². The zero-order chi connectivity index (χ0) is 35.2. The standard InChI is InChI=1S/C50H33N3/c1-5-16-35(17-6-1)47-51-48(36-18-7-2-8-19-36)53-49(52-47)43-26-15-20-34-28-29-37(32-44(34)43)38-30-31-42-41-25-13-14-27-45(41)50(46(42)33-38,39-21-9-3-10-22-39)40-23-11-4-12-24-40/h1-33H. The van der Waals surface area contributed by atoms with Crippen LogP contribution in [-0.4, -0.2) is 15.0 Å². The van der Waals surface area contributed by atoms with Crippen molar-refractivity contribution in [2.45, 2.75) is 5.41 Å². The van der Waals surface area contributed by atoms with Gasteiger partial charge in [0.1, 0.15) is 0 Å². The van der Waals surface area contributed by atoms with Crippen LogP contribution in [0.1, 0.15) is 22.3 Å². The van der Waals surface area contributed by atoms with Crippen LogP contribution in [0.3, 0.4) is 0 Å². The van der Waals surface area contributed by atoms with Crippen molar-refractivity contribution in [2.24, 2.45) is 0 Å². The van der Waals surface area contributed by atoms with Crippen molar-refractivity contribution >= 4 is 10.8 Å². The number of rotatable bonds is 6. The molecule has 1 aromatic heterocycles. The first kappa shape index (κ1) is 30.8. The number of nitrogens with zero attached hydrogens (tertiary/aromatic N) is 3. The summed E-state index contributed by atoms with van der Waals surface area (Å²) in [5.41, 5.74) is 12.4. The third-order valence-corrected chi connectivity index (χ3v) is 10.6. The fourth-order valence-corrected chi connectivity index (χ4v) is 8.20. The Hall–Kier alpha value is -6.97. The van der Waals surface area contributed by atoms with Crippen LogP contribution < -0.4 is 0 Å². The molecule has 0 unspecified atom stereocenters. The van der Waals surface area contributed by atoms with E-state index < -0.39 is 5.41 Å². The minimum Gasteiger partial charge on any atom is -0.208 e. The third-order valence-electron chi connectivity index (χ3n) is 10.6. The summed E-state index contributed by atoms with van der Waals surface area (Å²) in [6, 6.07) is 71.3. The molecule has 0 spiro atoms. The molecule has 8 aromatic carbocycles. The summed E-state index contributed by atoms with van der Waals surface area (Å²) < 4.78 is 0. The van der Waals surface area contributed by atoms with Crippen molar-refractivity contribution in [3.8, 4) is 56.4 Å². The highest BCUT2D eigenvalue weighted by atomic mass is 15.0. The Morgan fingerprint density at radius 1 is 0.302 bits per heavy atom. The molecule has 0 atom stereocenters. The van der Waals surface area contributed by atoms with Gasteiger partial charge in [-0.2, -0.15) is 0 Å². The van der Waals surface area contributed by atoms with Gasteiger partial charge in [0.15, 0.2) is 17.5 Å². The molecule has 3 heteroatoms. The highest BCUT2D eigenvalue weighted by Crippen LogP contribution is 2.56. The van der Waals surface area contributed by atoms with E-state index in [1.54, 1.807) is 0 Å². The fraction of sp³-hybridized carbons (Fsp3) is 0.0200. The molecule has 0 bridgehead atoms. The van der Waals surface area contributed by atoms with Crippen molar-refractivity contribution in [3.05, 3.63) is 222 Å². The summed E-state index contributed by atoms with van der Waals surface area (Å²) in [5, 5.41) is 2.22. The van der Waals surface area contributed by atoms with Gasteiger partial charge in [0, 0.05) is 16.7 Å². The van der Waals surface area contributed by atoms with Crippen LogP contribution in [0.4, 0.5) is 0 Å². The normalized spacial score (nSPS) is 12.7. The highest BCUT2D eigenvalue weighted by molar-refractivity contribution is 5.98. The second-order valence-corrected chi connectivity index (χ2v) is 13.6. The van der Waals surface area contributed by atoms with Gasteiger partial charge >= 0.3 is 0 Å². The summed E-state index contributed by atoms with van der Waals surface area (Å²) in [6.45, 7) is 0. The molecule has 10 rings (SSSR count). The van der Waals surface area contributed by atoms with Crippen molar-refractivity contribution in [1.29, 1.82) is 0 Å². The lowest BCUT2D eigenvalue weighted by Crippen LogP contribution is -2.28. The highest BCUT2D eigenvalue weighted by Gasteiger charge is 2.46. The van der Waals surface area contributed by atoms with Gasteiger partial charge in [-0.25, -0.2) is 15.0 Å². The molecule has 9 aromatic rings. The molecule has 1 aliphatic carbocycles. The molecular weight excluding hydrogens is 643 g/mol. The molecule has 0 fully saturated rings. The smallest absolute Gasteiger partial charge is 0.164 e. The lowest BCUT2D eigenvalue weighted by atomic mass is 9.67. The Balaban J connectivity index is 1.17. The van der Waals surface area contributed by atoms with Crippen LogP contribution in [0.15, 0.2) is 200 Å². The Kier molecular flexibility index (Phi) is 7.36. The van der Waals surface area contributed by atoms with Crippen molar-refractivity contribution in [3.63, 3.8) is 0 Å². The summed E-state index contributed by atoms with van der Waals surface area (Å²) in [7, 11) is 0. The van der Waals surface area contributed by atoms with Crippen LogP contribution in [-0.2, 0) is 5.41 Å². The first-order valence-electron chi connectivity index (χ1n) is 18.0. The van der Waals surface area contributed by atoms with E-state index in [4.69, 9.17) is 15.0 Å². The van der Waals surface area contributed by atoms with Gasteiger partial charge in [-0.15, -0.1) is 0 Å². The molecule has 53 heavy (non-hydrogen) atoms. The summed E-state index contributed by atoms with van der Waals surface area (Å²) in [4.78, 5) is 15.1. The number of fused-ring (bicyclic) bond motifs is 4. The van der Waals surface area contributed by atoms with E-state index in [0.717, 1.165) is 38.6 Å². The summed E-state index contributed by atoms with van der Waals surface area (Å²) >= 11 is 0. The predicted molar refractivity (Wildman–Crippen MR) is 216 cm³/mol. The average molecular weight is 676 g/mol. The lowest BCUT2D eigenvalue weighted by molar-refractivity contribution is 0.769. The maximum Gasteiger partial charge on any atom is 0.164 e. The maximum atomic E-state index is 5.09. The molecule has 1 heterocycles. The SMILES string of the molecule is c1ccc(-c2nc(-c3ccccc3)nc(-c3cccc4ccc(-c5ccc6c(c5)C(c5ccccc5)(c5ccccc5)c5ccccc5-6)cc34)n2)cc1. The zero-order valence-corrected chi connectivity index (χ0v) is 28.9. The number of hydrogen-bond acceptors (Lipinski definition) is 3. The van der Waals surface area contributed by atoms with E-state index >= 15 is 0 Å².